The number of likely N-dealkylation sites (tertiary alicyclic amines) is 1. The molecule has 0 amide bonds. The fraction of sp³-hybridized carbons (Fsp3) is 0.545. The van der Waals surface area contributed by atoms with Crippen LogP contribution in [0.3, 0.4) is 0 Å². The Kier molecular flexibility index (Phi) is 5.44. The van der Waals surface area contributed by atoms with E-state index in [0.717, 1.165) is 49.5 Å². The molecule has 7 heteroatoms. The second-order valence-electron chi connectivity index (χ2n) is 8.49. The molecule has 4 rings (SSSR count). The summed E-state index contributed by atoms with van der Waals surface area (Å²) >= 11 is 6.05. The topological polar surface area (TPSA) is 72.7 Å². The van der Waals surface area contributed by atoms with Crippen molar-refractivity contribution in [3.63, 3.8) is 0 Å². The largest absolute Gasteiger partial charge is 0.507 e. The van der Waals surface area contributed by atoms with Crippen molar-refractivity contribution in [3.8, 4) is 17.0 Å². The van der Waals surface area contributed by atoms with Gasteiger partial charge >= 0.3 is 0 Å². The van der Waals surface area contributed by atoms with Crippen molar-refractivity contribution in [3.05, 3.63) is 34.3 Å². The lowest BCUT2D eigenvalue weighted by Crippen LogP contribution is -2.52. The highest BCUT2D eigenvalue weighted by Gasteiger charge is 2.38. The molecule has 2 aliphatic heterocycles. The predicted molar refractivity (Wildman–Crippen MR) is 116 cm³/mol. The van der Waals surface area contributed by atoms with Gasteiger partial charge in [-0.1, -0.05) is 18.5 Å². The van der Waals surface area contributed by atoms with Gasteiger partial charge in [0.15, 0.2) is 5.82 Å². The second kappa shape index (κ2) is 7.74. The second-order valence-corrected chi connectivity index (χ2v) is 8.93. The molecule has 29 heavy (non-hydrogen) atoms. The Labute approximate surface area is 177 Å². The van der Waals surface area contributed by atoms with E-state index in [2.05, 4.69) is 26.9 Å². The van der Waals surface area contributed by atoms with E-state index in [9.17, 15) is 10.2 Å². The SMILES string of the molecule is CCN1CCC[C@@H](N2CCC(C)(O)c3cc(-c4c(C)cc(Cl)cc4O)nnc32)C1. The Bertz CT molecular complexity index is 895. The van der Waals surface area contributed by atoms with Gasteiger partial charge in [-0.3, -0.25) is 0 Å². The van der Waals surface area contributed by atoms with Crippen LogP contribution in [0.25, 0.3) is 11.3 Å². The van der Waals surface area contributed by atoms with E-state index < -0.39 is 5.60 Å². The quantitative estimate of drug-likeness (QED) is 0.794. The van der Waals surface area contributed by atoms with Gasteiger partial charge in [0, 0.05) is 35.3 Å². The number of phenolic OH excluding ortho intramolecular Hbond substituents is 1. The molecule has 2 aliphatic rings. The predicted octanol–water partition coefficient (Wildman–Crippen LogP) is 3.71. The first-order valence-corrected chi connectivity index (χ1v) is 10.8. The highest BCUT2D eigenvalue weighted by atomic mass is 35.5. The van der Waals surface area contributed by atoms with Crippen LogP contribution in [0, 0.1) is 6.92 Å². The van der Waals surface area contributed by atoms with Crippen molar-refractivity contribution < 1.29 is 10.2 Å². The molecule has 2 aromatic rings. The zero-order valence-corrected chi connectivity index (χ0v) is 18.1. The van der Waals surface area contributed by atoms with Crippen LogP contribution in [-0.4, -0.2) is 57.5 Å². The number of piperidine rings is 1. The van der Waals surface area contributed by atoms with Crippen LogP contribution in [0.1, 0.15) is 44.2 Å². The Balaban J connectivity index is 1.75. The molecule has 0 aliphatic carbocycles. The Morgan fingerprint density at radius 1 is 1.24 bits per heavy atom. The fourth-order valence-electron chi connectivity index (χ4n) is 4.68. The van der Waals surface area contributed by atoms with Gasteiger partial charge in [-0.15, -0.1) is 10.2 Å². The van der Waals surface area contributed by atoms with Gasteiger partial charge < -0.3 is 20.0 Å². The summed E-state index contributed by atoms with van der Waals surface area (Å²) < 4.78 is 0. The third-order valence-corrected chi connectivity index (χ3v) is 6.59. The number of halogens is 1. The molecule has 1 aromatic heterocycles. The Hall–Kier alpha value is -1.89. The lowest BCUT2D eigenvalue weighted by atomic mass is 9.87. The number of likely N-dealkylation sites (N-methyl/N-ethyl adjacent to an activating group) is 1. The van der Waals surface area contributed by atoms with Crippen LogP contribution in [-0.2, 0) is 5.60 Å². The number of rotatable bonds is 3. The van der Waals surface area contributed by atoms with E-state index in [-0.39, 0.29) is 5.75 Å². The molecule has 156 valence electrons. The maximum absolute atomic E-state index is 11.1. The van der Waals surface area contributed by atoms with Crippen LogP contribution < -0.4 is 4.90 Å². The third-order valence-electron chi connectivity index (χ3n) is 6.37. The molecular formula is C22H29ClN4O2. The number of aryl methyl sites for hydroxylation is 1. The van der Waals surface area contributed by atoms with Crippen molar-refractivity contribution in [2.45, 2.75) is 51.7 Å². The summed E-state index contributed by atoms with van der Waals surface area (Å²) in [5.74, 6) is 0.835. The normalized spacial score (nSPS) is 25.1. The average molecular weight is 417 g/mol. The lowest BCUT2D eigenvalue weighted by Gasteiger charge is -2.45. The van der Waals surface area contributed by atoms with E-state index in [1.165, 1.54) is 12.5 Å². The molecule has 1 aromatic carbocycles. The molecule has 0 radical (unpaired) electrons. The number of hydrogen-bond acceptors (Lipinski definition) is 6. The monoisotopic (exact) mass is 416 g/mol. The summed E-state index contributed by atoms with van der Waals surface area (Å²) in [6.07, 6.45) is 2.93. The zero-order valence-electron chi connectivity index (χ0n) is 17.3. The maximum Gasteiger partial charge on any atom is 0.157 e. The van der Waals surface area contributed by atoms with Gasteiger partial charge in [0.1, 0.15) is 5.75 Å². The molecule has 1 saturated heterocycles. The number of benzene rings is 1. The fourth-order valence-corrected chi connectivity index (χ4v) is 4.95. The molecule has 0 spiro atoms. The van der Waals surface area contributed by atoms with Gasteiger partial charge in [-0.2, -0.15) is 0 Å². The van der Waals surface area contributed by atoms with Crippen molar-refractivity contribution in [1.82, 2.24) is 15.1 Å². The highest BCUT2D eigenvalue weighted by Crippen LogP contribution is 2.41. The first-order chi connectivity index (χ1) is 13.8. The summed E-state index contributed by atoms with van der Waals surface area (Å²) in [5.41, 5.74) is 1.77. The summed E-state index contributed by atoms with van der Waals surface area (Å²) in [6, 6.07) is 5.56. The molecule has 0 bridgehead atoms. The number of nitrogens with zero attached hydrogens (tertiary/aromatic N) is 4. The molecule has 2 atom stereocenters. The number of hydrogen-bond donors (Lipinski definition) is 2. The van der Waals surface area contributed by atoms with Gasteiger partial charge in [0.05, 0.1) is 11.3 Å². The van der Waals surface area contributed by atoms with Crippen molar-refractivity contribution in [2.75, 3.05) is 31.1 Å². The summed E-state index contributed by atoms with van der Waals surface area (Å²) in [7, 11) is 0. The van der Waals surface area contributed by atoms with Crippen LogP contribution >= 0.6 is 11.6 Å². The molecule has 1 fully saturated rings. The van der Waals surface area contributed by atoms with Gasteiger partial charge in [0.2, 0.25) is 0 Å². The third kappa shape index (κ3) is 3.81. The first-order valence-electron chi connectivity index (χ1n) is 10.4. The Morgan fingerprint density at radius 3 is 2.76 bits per heavy atom. The highest BCUT2D eigenvalue weighted by molar-refractivity contribution is 6.31. The smallest absolute Gasteiger partial charge is 0.157 e. The van der Waals surface area contributed by atoms with E-state index in [1.54, 1.807) is 6.07 Å². The van der Waals surface area contributed by atoms with Gasteiger partial charge in [-0.05, 0) is 70.0 Å². The molecule has 3 heterocycles. The van der Waals surface area contributed by atoms with Crippen molar-refractivity contribution in [2.24, 2.45) is 0 Å². The van der Waals surface area contributed by atoms with Crippen LogP contribution in [0.2, 0.25) is 5.02 Å². The van der Waals surface area contributed by atoms with E-state index in [1.807, 2.05) is 19.9 Å². The van der Waals surface area contributed by atoms with Gasteiger partial charge in [0.25, 0.3) is 0 Å². The van der Waals surface area contributed by atoms with E-state index >= 15 is 0 Å². The summed E-state index contributed by atoms with van der Waals surface area (Å²) in [5, 5.41) is 31.0. The molecule has 2 N–H and O–H groups in total. The van der Waals surface area contributed by atoms with E-state index in [0.29, 0.717) is 28.7 Å². The number of fused-ring (bicyclic) bond motifs is 1. The molecule has 0 saturated carbocycles. The molecular weight excluding hydrogens is 388 g/mol. The minimum atomic E-state index is -0.981. The minimum Gasteiger partial charge on any atom is -0.507 e. The van der Waals surface area contributed by atoms with E-state index in [4.69, 9.17) is 11.6 Å². The number of anilines is 1. The number of aliphatic hydroxyl groups is 1. The first kappa shape index (κ1) is 20.4. The Morgan fingerprint density at radius 2 is 2.03 bits per heavy atom. The van der Waals surface area contributed by atoms with Crippen LogP contribution in [0.5, 0.6) is 5.75 Å². The number of aromatic nitrogens is 2. The number of aromatic hydroxyl groups is 1. The summed E-state index contributed by atoms with van der Waals surface area (Å²) in [6.45, 7) is 9.89. The van der Waals surface area contributed by atoms with Crippen molar-refractivity contribution in [1.29, 1.82) is 0 Å². The minimum absolute atomic E-state index is 0.0717. The van der Waals surface area contributed by atoms with Crippen molar-refractivity contribution >= 4 is 17.4 Å². The van der Waals surface area contributed by atoms with Crippen LogP contribution in [0.4, 0.5) is 5.82 Å². The maximum atomic E-state index is 11.1. The lowest BCUT2D eigenvalue weighted by molar-refractivity contribution is 0.0427. The number of phenols is 1. The molecule has 1 unspecified atom stereocenters. The zero-order chi connectivity index (χ0) is 20.8. The molecule has 6 nitrogen and oxygen atoms in total. The van der Waals surface area contributed by atoms with Crippen LogP contribution in [0.15, 0.2) is 18.2 Å². The summed E-state index contributed by atoms with van der Waals surface area (Å²) in [4.78, 5) is 4.79. The standard InChI is InChI=1S/C22H29ClN4O2/c1-4-26-8-5-6-16(13-26)27-9-7-22(3,29)17-12-18(24-25-21(17)27)20-14(2)10-15(23)11-19(20)28/h10-12,16,28-29H,4-9,13H2,1-3H3/t16-,22?/m1/s1. The van der Waals surface area contributed by atoms with Gasteiger partial charge in [-0.25, -0.2) is 0 Å². The average Bonchev–Trinajstić information content (AvgIpc) is 2.67.